The Balaban J connectivity index is 1.76. The molecule has 2 N–H and O–H groups in total. The maximum Gasteiger partial charge on any atom is 0.329 e. The van der Waals surface area contributed by atoms with E-state index < -0.39 is 11.8 Å². The number of nitrogens with zero attached hydrogens (tertiary/aromatic N) is 1. The number of benzene rings is 2. The fraction of sp³-hybridized carbons (Fsp3) is 0.211. The van der Waals surface area contributed by atoms with Crippen LogP contribution >= 0.6 is 0 Å². The van der Waals surface area contributed by atoms with E-state index in [-0.39, 0.29) is 0 Å². The predicted octanol–water partition coefficient (Wildman–Crippen LogP) is 2.98. The topological polar surface area (TPSA) is 70.6 Å². The zero-order valence-corrected chi connectivity index (χ0v) is 13.9. The van der Waals surface area contributed by atoms with Gasteiger partial charge in [-0.05, 0) is 55.5 Å². The molecule has 0 atom stereocenters. The first-order chi connectivity index (χ1) is 11.6. The summed E-state index contributed by atoms with van der Waals surface area (Å²) < 4.78 is 0. The smallest absolute Gasteiger partial charge is 0.318 e. The van der Waals surface area contributed by atoms with Gasteiger partial charge in [-0.2, -0.15) is 5.10 Å². The second kappa shape index (κ2) is 8.62. The molecule has 2 aromatic carbocycles. The van der Waals surface area contributed by atoms with E-state index in [0.717, 1.165) is 17.5 Å². The highest BCUT2D eigenvalue weighted by Gasteiger charge is 2.12. The number of carbonyl (C=O) groups is 2. The van der Waals surface area contributed by atoms with E-state index in [1.54, 1.807) is 12.3 Å². The van der Waals surface area contributed by atoms with E-state index >= 15 is 0 Å². The second-order valence-corrected chi connectivity index (χ2v) is 5.53. The van der Waals surface area contributed by atoms with Gasteiger partial charge in [0.1, 0.15) is 0 Å². The number of hydrogen-bond acceptors (Lipinski definition) is 3. The van der Waals surface area contributed by atoms with Crippen molar-refractivity contribution in [1.29, 1.82) is 0 Å². The number of rotatable bonds is 5. The van der Waals surface area contributed by atoms with Crippen molar-refractivity contribution in [2.45, 2.75) is 26.7 Å². The van der Waals surface area contributed by atoms with E-state index in [4.69, 9.17) is 0 Å². The SMILES string of the molecule is Cc1ccc(NC(=O)C(=O)N/N=C/CCc2ccccc2)cc1C. The van der Waals surface area contributed by atoms with Crippen LogP contribution in [0.3, 0.4) is 0 Å². The van der Waals surface area contributed by atoms with Crippen molar-refractivity contribution in [2.75, 3.05) is 5.32 Å². The largest absolute Gasteiger partial charge is 0.329 e. The molecule has 0 saturated heterocycles. The Morgan fingerprint density at radius 2 is 1.75 bits per heavy atom. The van der Waals surface area contributed by atoms with Gasteiger partial charge in [0.25, 0.3) is 0 Å². The van der Waals surface area contributed by atoms with Gasteiger partial charge in [0, 0.05) is 11.9 Å². The number of nitrogens with one attached hydrogen (secondary N) is 2. The Bertz CT molecular complexity index is 740. The summed E-state index contributed by atoms with van der Waals surface area (Å²) in [5.74, 6) is -1.53. The standard InChI is InChI=1S/C19H21N3O2/c1-14-10-11-17(13-15(14)2)21-18(23)19(24)22-20-12-6-9-16-7-4-3-5-8-16/h3-5,7-8,10-13H,6,9H2,1-2H3,(H,21,23)(H,22,24)/b20-12+. The summed E-state index contributed by atoms with van der Waals surface area (Å²) in [4.78, 5) is 23.5. The quantitative estimate of drug-likeness (QED) is 0.504. The molecule has 2 aromatic rings. The average Bonchev–Trinajstić information content (AvgIpc) is 2.58. The lowest BCUT2D eigenvalue weighted by molar-refractivity contribution is -0.136. The number of hydrogen-bond donors (Lipinski definition) is 2. The lowest BCUT2D eigenvalue weighted by Crippen LogP contribution is -2.32. The van der Waals surface area contributed by atoms with Crippen LogP contribution in [0.1, 0.15) is 23.1 Å². The molecule has 2 rings (SSSR count). The molecule has 0 aliphatic carbocycles. The molecule has 0 aliphatic rings. The molecule has 0 aromatic heterocycles. The van der Waals surface area contributed by atoms with Crippen molar-refractivity contribution in [2.24, 2.45) is 5.10 Å². The highest BCUT2D eigenvalue weighted by Crippen LogP contribution is 2.13. The summed E-state index contributed by atoms with van der Waals surface area (Å²) in [6.45, 7) is 3.93. The molecule has 0 heterocycles. The molecule has 0 bridgehead atoms. The minimum absolute atomic E-state index is 0.589. The van der Waals surface area contributed by atoms with E-state index in [1.165, 1.54) is 5.56 Å². The molecule has 0 saturated carbocycles. The van der Waals surface area contributed by atoms with Crippen LogP contribution in [0.5, 0.6) is 0 Å². The van der Waals surface area contributed by atoms with Gasteiger partial charge in [-0.3, -0.25) is 9.59 Å². The molecule has 0 aliphatic heterocycles. The van der Waals surface area contributed by atoms with Gasteiger partial charge in [0.05, 0.1) is 0 Å². The Labute approximate surface area is 141 Å². The lowest BCUT2D eigenvalue weighted by atomic mass is 10.1. The zero-order chi connectivity index (χ0) is 17.4. The summed E-state index contributed by atoms with van der Waals surface area (Å²) in [7, 11) is 0. The first-order valence-corrected chi connectivity index (χ1v) is 7.80. The van der Waals surface area contributed by atoms with Crippen LogP contribution in [0.25, 0.3) is 0 Å². The van der Waals surface area contributed by atoms with Gasteiger partial charge in [0.2, 0.25) is 0 Å². The molecular formula is C19H21N3O2. The Morgan fingerprint density at radius 1 is 1.00 bits per heavy atom. The monoisotopic (exact) mass is 323 g/mol. The molecule has 0 fully saturated rings. The van der Waals surface area contributed by atoms with E-state index in [2.05, 4.69) is 15.8 Å². The van der Waals surface area contributed by atoms with E-state index in [1.807, 2.05) is 56.3 Å². The van der Waals surface area contributed by atoms with Gasteiger partial charge in [0.15, 0.2) is 0 Å². The third kappa shape index (κ3) is 5.35. The van der Waals surface area contributed by atoms with Crippen molar-refractivity contribution < 1.29 is 9.59 Å². The second-order valence-electron chi connectivity index (χ2n) is 5.53. The van der Waals surface area contributed by atoms with Gasteiger partial charge >= 0.3 is 11.8 Å². The molecule has 2 amide bonds. The molecule has 5 nitrogen and oxygen atoms in total. The maximum absolute atomic E-state index is 11.8. The first-order valence-electron chi connectivity index (χ1n) is 7.80. The van der Waals surface area contributed by atoms with Crippen molar-refractivity contribution in [3.8, 4) is 0 Å². The van der Waals surface area contributed by atoms with Crippen LogP contribution in [0.15, 0.2) is 53.6 Å². The number of amides is 2. The fourth-order valence-corrected chi connectivity index (χ4v) is 2.10. The summed E-state index contributed by atoms with van der Waals surface area (Å²) in [6, 6.07) is 15.5. The third-order valence-electron chi connectivity index (χ3n) is 3.63. The molecule has 0 unspecified atom stereocenters. The zero-order valence-electron chi connectivity index (χ0n) is 13.9. The lowest BCUT2D eigenvalue weighted by Gasteiger charge is -2.06. The Hall–Kier alpha value is -2.95. The Kier molecular flexibility index (Phi) is 6.25. The molecule has 0 radical (unpaired) electrons. The number of carbonyl (C=O) groups excluding carboxylic acids is 2. The maximum atomic E-state index is 11.8. The van der Waals surface area contributed by atoms with Crippen molar-refractivity contribution >= 4 is 23.7 Å². The molecule has 0 spiro atoms. The van der Waals surface area contributed by atoms with Gasteiger partial charge in [-0.15, -0.1) is 0 Å². The molecule has 5 heteroatoms. The van der Waals surface area contributed by atoms with Crippen LogP contribution in [0.2, 0.25) is 0 Å². The molecule has 24 heavy (non-hydrogen) atoms. The van der Waals surface area contributed by atoms with Crippen LogP contribution in [0, 0.1) is 13.8 Å². The van der Waals surface area contributed by atoms with Crippen molar-refractivity contribution in [1.82, 2.24) is 5.43 Å². The van der Waals surface area contributed by atoms with Gasteiger partial charge in [-0.25, -0.2) is 5.43 Å². The average molecular weight is 323 g/mol. The number of hydrazone groups is 1. The summed E-state index contributed by atoms with van der Waals surface area (Å²) in [5, 5.41) is 6.35. The molecular weight excluding hydrogens is 302 g/mol. The highest BCUT2D eigenvalue weighted by atomic mass is 16.2. The number of anilines is 1. The third-order valence-corrected chi connectivity index (χ3v) is 3.63. The van der Waals surface area contributed by atoms with Crippen molar-refractivity contribution in [3.63, 3.8) is 0 Å². The minimum atomic E-state index is -0.788. The summed E-state index contributed by atoms with van der Waals surface area (Å²) >= 11 is 0. The Morgan fingerprint density at radius 3 is 2.46 bits per heavy atom. The minimum Gasteiger partial charge on any atom is -0.318 e. The van der Waals surface area contributed by atoms with Crippen LogP contribution < -0.4 is 10.7 Å². The van der Waals surface area contributed by atoms with Crippen LogP contribution in [-0.4, -0.2) is 18.0 Å². The molecule has 124 valence electrons. The highest BCUT2D eigenvalue weighted by molar-refractivity contribution is 6.39. The van der Waals surface area contributed by atoms with Crippen molar-refractivity contribution in [3.05, 3.63) is 65.2 Å². The van der Waals surface area contributed by atoms with Crippen LogP contribution in [-0.2, 0) is 16.0 Å². The van der Waals surface area contributed by atoms with Gasteiger partial charge in [-0.1, -0.05) is 36.4 Å². The van der Waals surface area contributed by atoms with Gasteiger partial charge < -0.3 is 5.32 Å². The fourth-order valence-electron chi connectivity index (χ4n) is 2.10. The normalized spacial score (nSPS) is 10.6. The first kappa shape index (κ1) is 17.4. The summed E-state index contributed by atoms with van der Waals surface area (Å²) in [5.41, 5.74) is 6.19. The van der Waals surface area contributed by atoms with E-state index in [0.29, 0.717) is 12.1 Å². The van der Waals surface area contributed by atoms with Crippen LogP contribution in [0.4, 0.5) is 5.69 Å². The predicted molar refractivity (Wildman–Crippen MR) is 95.9 cm³/mol. The summed E-state index contributed by atoms with van der Waals surface area (Å²) in [6.07, 6.45) is 3.10. The number of aryl methyl sites for hydroxylation is 3. The van der Waals surface area contributed by atoms with E-state index in [9.17, 15) is 9.59 Å².